The minimum absolute atomic E-state index is 0.162. The summed E-state index contributed by atoms with van der Waals surface area (Å²) in [7, 11) is 0. The molecule has 3 heteroatoms. The van der Waals surface area contributed by atoms with Crippen LogP contribution in [-0.4, -0.2) is 25.0 Å². The molecule has 1 aliphatic heterocycles. The molecule has 0 saturated carbocycles. The van der Waals surface area contributed by atoms with E-state index in [9.17, 15) is 4.79 Å². The molecule has 1 heterocycles. The average Bonchev–Trinajstić information content (AvgIpc) is 2.64. The lowest BCUT2D eigenvalue weighted by Gasteiger charge is -2.24. The van der Waals surface area contributed by atoms with Crippen molar-refractivity contribution in [2.75, 3.05) is 13.1 Å². The van der Waals surface area contributed by atoms with E-state index in [1.165, 1.54) is 16.7 Å². The zero-order chi connectivity index (χ0) is 16.8. The predicted octanol–water partition coefficient (Wildman–Crippen LogP) is 3.40. The Hall–Kier alpha value is -2.13. The van der Waals surface area contributed by atoms with E-state index in [4.69, 9.17) is 0 Å². The normalized spacial score (nSPS) is 16.5. The number of benzene rings is 2. The maximum atomic E-state index is 12.3. The third-order valence-corrected chi connectivity index (χ3v) is 4.70. The summed E-state index contributed by atoms with van der Waals surface area (Å²) in [4.78, 5) is 12.3. The highest BCUT2D eigenvalue weighted by molar-refractivity contribution is 5.79. The molecule has 1 saturated heterocycles. The van der Waals surface area contributed by atoms with Crippen molar-refractivity contribution in [3.63, 3.8) is 0 Å². The molecule has 1 aliphatic rings. The quantitative estimate of drug-likeness (QED) is 0.886. The molecule has 1 amide bonds. The van der Waals surface area contributed by atoms with Gasteiger partial charge in [-0.2, -0.15) is 0 Å². The van der Waals surface area contributed by atoms with Crippen LogP contribution in [0.1, 0.15) is 25.3 Å². The van der Waals surface area contributed by atoms with Crippen LogP contribution in [0.15, 0.2) is 54.6 Å². The van der Waals surface area contributed by atoms with Gasteiger partial charge in [0.1, 0.15) is 0 Å². The number of amides is 1. The molecular formula is C21H26N2O. The fourth-order valence-electron chi connectivity index (χ4n) is 3.31. The van der Waals surface area contributed by atoms with Gasteiger partial charge in [0.05, 0.1) is 0 Å². The molecule has 3 nitrogen and oxygen atoms in total. The fourth-order valence-corrected chi connectivity index (χ4v) is 3.31. The van der Waals surface area contributed by atoms with E-state index in [2.05, 4.69) is 66.1 Å². The first-order chi connectivity index (χ1) is 11.7. The summed E-state index contributed by atoms with van der Waals surface area (Å²) >= 11 is 0. The molecule has 2 aromatic carbocycles. The molecule has 0 spiro atoms. The number of hydrogen-bond donors (Lipinski definition) is 2. The molecule has 3 rings (SSSR count). The molecule has 1 fully saturated rings. The van der Waals surface area contributed by atoms with Crippen LogP contribution in [0.4, 0.5) is 0 Å². The second kappa shape index (κ2) is 8.11. The Labute approximate surface area is 144 Å². The predicted molar refractivity (Wildman–Crippen MR) is 98.8 cm³/mol. The molecule has 24 heavy (non-hydrogen) atoms. The van der Waals surface area contributed by atoms with Gasteiger partial charge < -0.3 is 10.6 Å². The van der Waals surface area contributed by atoms with E-state index >= 15 is 0 Å². The van der Waals surface area contributed by atoms with Crippen molar-refractivity contribution in [3.05, 3.63) is 60.2 Å². The summed E-state index contributed by atoms with van der Waals surface area (Å²) in [6.45, 7) is 3.99. The van der Waals surface area contributed by atoms with Crippen LogP contribution in [0.2, 0.25) is 0 Å². The second-order valence-electron chi connectivity index (χ2n) is 6.70. The van der Waals surface area contributed by atoms with Crippen molar-refractivity contribution in [3.8, 4) is 11.1 Å². The van der Waals surface area contributed by atoms with Crippen molar-refractivity contribution < 1.29 is 4.79 Å². The number of carbonyl (C=O) groups excluding carboxylic acids is 1. The largest absolute Gasteiger partial charge is 0.353 e. The van der Waals surface area contributed by atoms with Crippen molar-refractivity contribution in [1.29, 1.82) is 0 Å². The topological polar surface area (TPSA) is 41.1 Å². The van der Waals surface area contributed by atoms with Crippen molar-refractivity contribution in [2.24, 2.45) is 5.92 Å². The summed E-state index contributed by atoms with van der Waals surface area (Å²) in [6.07, 6.45) is 2.76. The first-order valence-corrected chi connectivity index (χ1v) is 8.88. The Kier molecular flexibility index (Phi) is 5.65. The van der Waals surface area contributed by atoms with Gasteiger partial charge in [-0.15, -0.1) is 0 Å². The van der Waals surface area contributed by atoms with E-state index in [-0.39, 0.29) is 17.9 Å². The average molecular weight is 322 g/mol. The Morgan fingerprint density at radius 3 is 2.33 bits per heavy atom. The first-order valence-electron chi connectivity index (χ1n) is 8.88. The number of piperidine rings is 1. The summed E-state index contributed by atoms with van der Waals surface area (Å²) in [5.74, 6) is 0.388. The molecule has 1 atom stereocenters. The standard InChI is InChI=1S/C21H26N2O/c1-16(23-21(24)20-11-13-22-14-12-20)15-17-7-9-19(10-8-17)18-5-3-2-4-6-18/h2-10,16,20,22H,11-15H2,1H3,(H,23,24)/t16-/m1/s1. The van der Waals surface area contributed by atoms with Crippen LogP contribution in [0, 0.1) is 5.92 Å². The van der Waals surface area contributed by atoms with Crippen LogP contribution < -0.4 is 10.6 Å². The molecular weight excluding hydrogens is 296 g/mol. The van der Waals surface area contributed by atoms with Crippen LogP contribution in [0.3, 0.4) is 0 Å². The maximum absolute atomic E-state index is 12.3. The van der Waals surface area contributed by atoms with Gasteiger partial charge in [0.15, 0.2) is 0 Å². The minimum Gasteiger partial charge on any atom is -0.353 e. The molecule has 2 N–H and O–H groups in total. The van der Waals surface area contributed by atoms with Gasteiger partial charge in [0.25, 0.3) is 0 Å². The summed E-state index contributed by atoms with van der Waals surface area (Å²) in [5, 5.41) is 6.48. The Morgan fingerprint density at radius 2 is 1.67 bits per heavy atom. The van der Waals surface area contributed by atoms with E-state index in [0.29, 0.717) is 0 Å². The van der Waals surface area contributed by atoms with Gasteiger partial charge in [0, 0.05) is 12.0 Å². The van der Waals surface area contributed by atoms with Crippen molar-refractivity contribution >= 4 is 5.91 Å². The Balaban J connectivity index is 1.54. The first kappa shape index (κ1) is 16.7. The van der Waals surface area contributed by atoms with Crippen LogP contribution in [0.5, 0.6) is 0 Å². The third kappa shape index (κ3) is 4.45. The summed E-state index contributed by atoms with van der Waals surface area (Å²) in [6, 6.07) is 19.2. The molecule has 0 aliphatic carbocycles. The third-order valence-electron chi connectivity index (χ3n) is 4.70. The van der Waals surface area contributed by atoms with Gasteiger partial charge in [0.2, 0.25) is 5.91 Å². The summed E-state index contributed by atoms with van der Waals surface area (Å²) in [5.41, 5.74) is 3.72. The Bertz CT molecular complexity index is 645. The SMILES string of the molecule is C[C@H](Cc1ccc(-c2ccccc2)cc1)NC(=O)C1CCNCC1. The van der Waals surface area contributed by atoms with E-state index in [1.807, 2.05) is 6.07 Å². The van der Waals surface area contributed by atoms with Crippen molar-refractivity contribution in [2.45, 2.75) is 32.2 Å². The zero-order valence-corrected chi connectivity index (χ0v) is 14.3. The van der Waals surface area contributed by atoms with Gasteiger partial charge >= 0.3 is 0 Å². The zero-order valence-electron chi connectivity index (χ0n) is 14.3. The molecule has 0 bridgehead atoms. The fraction of sp³-hybridized carbons (Fsp3) is 0.381. The van der Waals surface area contributed by atoms with Crippen LogP contribution in [0.25, 0.3) is 11.1 Å². The molecule has 0 unspecified atom stereocenters. The summed E-state index contributed by atoms with van der Waals surface area (Å²) < 4.78 is 0. The van der Waals surface area contributed by atoms with E-state index < -0.39 is 0 Å². The molecule has 0 radical (unpaired) electrons. The second-order valence-corrected chi connectivity index (χ2v) is 6.70. The van der Waals surface area contributed by atoms with Gasteiger partial charge in [-0.25, -0.2) is 0 Å². The number of hydrogen-bond acceptors (Lipinski definition) is 2. The monoisotopic (exact) mass is 322 g/mol. The number of rotatable bonds is 5. The highest BCUT2D eigenvalue weighted by atomic mass is 16.1. The lowest BCUT2D eigenvalue weighted by atomic mass is 9.96. The number of nitrogens with one attached hydrogen (secondary N) is 2. The smallest absolute Gasteiger partial charge is 0.223 e. The molecule has 126 valence electrons. The van der Waals surface area contributed by atoms with E-state index in [0.717, 1.165) is 32.4 Å². The van der Waals surface area contributed by atoms with E-state index in [1.54, 1.807) is 0 Å². The maximum Gasteiger partial charge on any atom is 0.223 e. The van der Waals surface area contributed by atoms with Crippen LogP contribution >= 0.6 is 0 Å². The van der Waals surface area contributed by atoms with Crippen LogP contribution in [-0.2, 0) is 11.2 Å². The highest BCUT2D eigenvalue weighted by Crippen LogP contribution is 2.20. The lowest BCUT2D eigenvalue weighted by Crippen LogP contribution is -2.42. The highest BCUT2D eigenvalue weighted by Gasteiger charge is 2.21. The lowest BCUT2D eigenvalue weighted by molar-refractivity contribution is -0.126. The minimum atomic E-state index is 0.162. The Morgan fingerprint density at radius 1 is 1.04 bits per heavy atom. The molecule has 2 aromatic rings. The van der Waals surface area contributed by atoms with Gasteiger partial charge in [-0.05, 0) is 56.0 Å². The van der Waals surface area contributed by atoms with Gasteiger partial charge in [-0.3, -0.25) is 4.79 Å². The van der Waals surface area contributed by atoms with Crippen molar-refractivity contribution in [1.82, 2.24) is 10.6 Å². The number of carbonyl (C=O) groups is 1. The van der Waals surface area contributed by atoms with Gasteiger partial charge in [-0.1, -0.05) is 54.6 Å². The molecule has 0 aromatic heterocycles.